The van der Waals surface area contributed by atoms with Gasteiger partial charge in [-0.15, -0.1) is 0 Å². The van der Waals surface area contributed by atoms with Crippen LogP contribution in [0.25, 0.3) is 0 Å². The number of hydrogen-bond acceptors (Lipinski definition) is 5. The van der Waals surface area contributed by atoms with Gasteiger partial charge in [-0.1, -0.05) is 35.9 Å². The van der Waals surface area contributed by atoms with Crippen molar-refractivity contribution in [2.24, 2.45) is 5.73 Å². The van der Waals surface area contributed by atoms with Crippen LogP contribution in [0.5, 0.6) is 11.5 Å². The van der Waals surface area contributed by atoms with Crippen LogP contribution in [0.15, 0.2) is 78.2 Å². The lowest BCUT2D eigenvalue weighted by Crippen LogP contribution is -2.21. The van der Waals surface area contributed by atoms with Crippen LogP contribution in [0.2, 0.25) is 5.02 Å². The standard InChI is InChI=1S/C23H14ClFN2O3/c24-14-7-5-13(6-8-14)23(28)29-15-9-10-17-20(11-15)30-22(27)18(12-26)21(17)16-3-1-2-4-19(16)25/h1-11,21H,27H2. The molecule has 4 rings (SSSR count). The fourth-order valence-corrected chi connectivity index (χ4v) is 3.41. The number of nitrogens with zero attached hydrogens (tertiary/aromatic N) is 1. The normalized spacial score (nSPS) is 15.0. The van der Waals surface area contributed by atoms with Crippen molar-refractivity contribution in [2.45, 2.75) is 5.92 Å². The first-order valence-corrected chi connectivity index (χ1v) is 9.29. The molecule has 1 aliphatic heterocycles. The molecule has 3 aromatic rings. The number of hydrogen-bond donors (Lipinski definition) is 1. The van der Waals surface area contributed by atoms with E-state index in [1.807, 2.05) is 6.07 Å². The fraction of sp³-hybridized carbons (Fsp3) is 0.0435. The molecule has 148 valence electrons. The second-order valence-corrected chi connectivity index (χ2v) is 6.98. The van der Waals surface area contributed by atoms with E-state index in [0.29, 0.717) is 21.7 Å². The topological polar surface area (TPSA) is 85.3 Å². The van der Waals surface area contributed by atoms with Gasteiger partial charge in [-0.2, -0.15) is 5.26 Å². The summed E-state index contributed by atoms with van der Waals surface area (Å²) in [5.41, 5.74) is 7.21. The van der Waals surface area contributed by atoms with Crippen LogP contribution in [-0.4, -0.2) is 5.97 Å². The molecular formula is C23H14ClFN2O3. The van der Waals surface area contributed by atoms with Crippen molar-refractivity contribution in [1.29, 1.82) is 5.26 Å². The predicted octanol–water partition coefficient (Wildman–Crippen LogP) is 4.92. The van der Waals surface area contributed by atoms with Gasteiger partial charge in [-0.05, 0) is 36.4 Å². The Bertz CT molecular complexity index is 1220. The van der Waals surface area contributed by atoms with Gasteiger partial charge in [-0.25, -0.2) is 9.18 Å². The maximum atomic E-state index is 14.5. The first kappa shape index (κ1) is 19.5. The van der Waals surface area contributed by atoms with Gasteiger partial charge in [0.25, 0.3) is 0 Å². The first-order chi connectivity index (χ1) is 14.5. The highest BCUT2D eigenvalue weighted by molar-refractivity contribution is 6.30. The molecular weight excluding hydrogens is 407 g/mol. The van der Waals surface area contributed by atoms with Gasteiger partial charge < -0.3 is 15.2 Å². The molecule has 0 fully saturated rings. The van der Waals surface area contributed by atoms with E-state index in [2.05, 4.69) is 0 Å². The van der Waals surface area contributed by atoms with E-state index >= 15 is 0 Å². The number of esters is 1. The molecule has 0 amide bonds. The summed E-state index contributed by atoms with van der Waals surface area (Å²) >= 11 is 5.83. The second kappa shape index (κ2) is 7.90. The Balaban J connectivity index is 1.70. The zero-order valence-corrected chi connectivity index (χ0v) is 16.2. The van der Waals surface area contributed by atoms with Crippen molar-refractivity contribution in [1.82, 2.24) is 0 Å². The molecule has 0 saturated heterocycles. The Morgan fingerprint density at radius 3 is 2.53 bits per heavy atom. The molecule has 0 spiro atoms. The summed E-state index contributed by atoms with van der Waals surface area (Å²) in [6, 6.07) is 19.1. The number of rotatable bonds is 3. The van der Waals surface area contributed by atoms with Gasteiger partial charge in [0.2, 0.25) is 5.88 Å². The molecule has 0 aromatic heterocycles. The third-order valence-electron chi connectivity index (χ3n) is 4.70. The smallest absolute Gasteiger partial charge is 0.343 e. The molecule has 7 heteroatoms. The largest absolute Gasteiger partial charge is 0.440 e. The zero-order chi connectivity index (χ0) is 21.3. The lowest BCUT2D eigenvalue weighted by atomic mass is 9.83. The Labute approximate surface area is 176 Å². The van der Waals surface area contributed by atoms with Crippen molar-refractivity contribution in [2.75, 3.05) is 0 Å². The number of nitriles is 1. The van der Waals surface area contributed by atoms with Gasteiger partial charge >= 0.3 is 5.97 Å². The highest BCUT2D eigenvalue weighted by atomic mass is 35.5. The highest BCUT2D eigenvalue weighted by Gasteiger charge is 2.32. The lowest BCUT2D eigenvalue weighted by Gasteiger charge is -2.27. The van der Waals surface area contributed by atoms with E-state index in [4.69, 9.17) is 26.8 Å². The van der Waals surface area contributed by atoms with Crippen molar-refractivity contribution in [3.8, 4) is 17.6 Å². The maximum Gasteiger partial charge on any atom is 0.343 e. The molecule has 0 radical (unpaired) electrons. The van der Waals surface area contributed by atoms with Crippen molar-refractivity contribution in [3.63, 3.8) is 0 Å². The van der Waals surface area contributed by atoms with E-state index in [0.717, 1.165) is 0 Å². The van der Waals surface area contributed by atoms with Crippen LogP contribution in [0.4, 0.5) is 4.39 Å². The Hall–Kier alpha value is -3.82. The van der Waals surface area contributed by atoms with E-state index in [1.54, 1.807) is 54.6 Å². The third kappa shape index (κ3) is 3.59. The number of allylic oxidation sites excluding steroid dienone is 1. The average Bonchev–Trinajstić information content (AvgIpc) is 2.73. The van der Waals surface area contributed by atoms with Gasteiger partial charge in [0.1, 0.15) is 29.0 Å². The predicted molar refractivity (Wildman–Crippen MR) is 109 cm³/mol. The number of nitrogens with two attached hydrogens (primary N) is 1. The van der Waals surface area contributed by atoms with Crippen LogP contribution in [-0.2, 0) is 0 Å². The fourth-order valence-electron chi connectivity index (χ4n) is 3.28. The maximum absolute atomic E-state index is 14.5. The molecule has 0 bridgehead atoms. The van der Waals surface area contributed by atoms with E-state index in [9.17, 15) is 14.4 Å². The van der Waals surface area contributed by atoms with Gasteiger partial charge in [0.05, 0.1) is 11.5 Å². The van der Waals surface area contributed by atoms with Gasteiger partial charge in [0.15, 0.2) is 0 Å². The summed E-state index contributed by atoms with van der Waals surface area (Å²) in [7, 11) is 0. The number of carbonyl (C=O) groups is 1. The van der Waals surface area contributed by atoms with Crippen molar-refractivity contribution < 1.29 is 18.7 Å². The van der Waals surface area contributed by atoms with E-state index in [1.165, 1.54) is 12.1 Å². The lowest BCUT2D eigenvalue weighted by molar-refractivity contribution is 0.0734. The molecule has 2 N–H and O–H groups in total. The minimum Gasteiger partial charge on any atom is -0.440 e. The first-order valence-electron chi connectivity index (χ1n) is 8.91. The minimum absolute atomic E-state index is 0.110. The minimum atomic E-state index is -0.735. The Morgan fingerprint density at radius 2 is 1.83 bits per heavy atom. The van der Waals surface area contributed by atoms with E-state index < -0.39 is 17.7 Å². The number of halogens is 2. The quantitative estimate of drug-likeness (QED) is 0.480. The molecule has 1 aliphatic rings. The average molecular weight is 421 g/mol. The zero-order valence-electron chi connectivity index (χ0n) is 15.4. The molecule has 5 nitrogen and oxygen atoms in total. The van der Waals surface area contributed by atoms with Crippen LogP contribution in [0.1, 0.15) is 27.4 Å². The molecule has 1 unspecified atom stereocenters. The van der Waals surface area contributed by atoms with Gasteiger partial charge in [-0.3, -0.25) is 0 Å². The summed E-state index contributed by atoms with van der Waals surface area (Å²) in [6.45, 7) is 0. The molecule has 0 aliphatic carbocycles. The van der Waals surface area contributed by atoms with Crippen LogP contribution < -0.4 is 15.2 Å². The Kier molecular flexibility index (Phi) is 5.13. The third-order valence-corrected chi connectivity index (χ3v) is 4.95. The monoisotopic (exact) mass is 420 g/mol. The van der Waals surface area contributed by atoms with Gasteiger partial charge in [0, 0.05) is 22.2 Å². The summed E-state index contributed by atoms with van der Waals surface area (Å²) in [4.78, 5) is 12.4. The summed E-state index contributed by atoms with van der Waals surface area (Å²) in [5.74, 6) is -1.40. The number of ether oxygens (including phenoxy) is 2. The summed E-state index contributed by atoms with van der Waals surface area (Å²) in [5, 5.41) is 10.1. The van der Waals surface area contributed by atoms with Crippen molar-refractivity contribution in [3.05, 3.63) is 106 Å². The Morgan fingerprint density at radius 1 is 1.10 bits per heavy atom. The van der Waals surface area contributed by atoms with Crippen LogP contribution in [0, 0.1) is 17.1 Å². The summed E-state index contributed by atoms with van der Waals surface area (Å²) < 4.78 is 25.5. The number of carbonyl (C=O) groups excluding carboxylic acids is 1. The van der Waals surface area contributed by atoms with Crippen molar-refractivity contribution >= 4 is 17.6 Å². The van der Waals surface area contributed by atoms with E-state index in [-0.39, 0.29) is 23.0 Å². The van der Waals surface area contributed by atoms with Crippen LogP contribution in [0.3, 0.4) is 0 Å². The number of benzene rings is 3. The molecule has 1 atom stereocenters. The molecule has 0 saturated carbocycles. The van der Waals surface area contributed by atoms with Crippen LogP contribution >= 0.6 is 11.6 Å². The molecule has 1 heterocycles. The number of fused-ring (bicyclic) bond motifs is 1. The SMILES string of the molecule is N#CC1=C(N)Oc2cc(OC(=O)c3ccc(Cl)cc3)ccc2C1c1ccccc1F. The highest BCUT2D eigenvalue weighted by Crippen LogP contribution is 2.44. The summed E-state index contributed by atoms with van der Waals surface area (Å²) in [6.07, 6.45) is 0. The molecule has 3 aromatic carbocycles. The second-order valence-electron chi connectivity index (χ2n) is 6.54. The molecule has 30 heavy (non-hydrogen) atoms.